The number of nitrogens with two attached hydrogens (primary N) is 1. The first-order valence-electron chi connectivity index (χ1n) is 5.16. The summed E-state index contributed by atoms with van der Waals surface area (Å²) in [6, 6.07) is 5.56. The summed E-state index contributed by atoms with van der Waals surface area (Å²) in [6.45, 7) is 0. The van der Waals surface area contributed by atoms with Gasteiger partial charge in [-0.1, -0.05) is 0 Å². The molecular weight excluding hydrogens is 218 g/mol. The van der Waals surface area contributed by atoms with E-state index in [-0.39, 0.29) is 0 Å². The van der Waals surface area contributed by atoms with Crippen molar-refractivity contribution in [1.29, 1.82) is 0 Å². The lowest BCUT2D eigenvalue weighted by atomic mass is 10.1. The van der Waals surface area contributed by atoms with Gasteiger partial charge in [-0.3, -0.25) is 0 Å². The third-order valence-electron chi connectivity index (χ3n) is 2.61. The number of hydrogen-bond donors (Lipinski definition) is 1. The van der Waals surface area contributed by atoms with E-state index in [9.17, 15) is 0 Å². The number of rotatable bonds is 3. The number of anilines is 1. The summed E-state index contributed by atoms with van der Waals surface area (Å²) in [5, 5.41) is 0. The zero-order valence-corrected chi connectivity index (χ0v) is 10.1. The van der Waals surface area contributed by atoms with Crippen molar-refractivity contribution >= 4 is 5.82 Å². The molecule has 0 fully saturated rings. The molecular formula is C12H15N3O2. The minimum atomic E-state index is 0.611. The van der Waals surface area contributed by atoms with Gasteiger partial charge in [-0.05, 0) is 12.1 Å². The van der Waals surface area contributed by atoms with Crippen LogP contribution in [0.25, 0.3) is 11.3 Å². The standard InChI is InChI=1S/C12H15N3O2/c1-15-7-14-11(12(15)13)8-4-9(16-2)6-10(5-8)17-3/h4-7H,13H2,1-3H3. The first-order valence-corrected chi connectivity index (χ1v) is 5.16. The molecule has 1 aromatic heterocycles. The second-order valence-electron chi connectivity index (χ2n) is 3.69. The number of ether oxygens (including phenoxy) is 2. The summed E-state index contributed by atoms with van der Waals surface area (Å²) >= 11 is 0. The summed E-state index contributed by atoms with van der Waals surface area (Å²) in [7, 11) is 5.07. The number of methoxy groups -OCH3 is 2. The Labute approximate surface area is 99.8 Å². The molecule has 0 unspecified atom stereocenters. The van der Waals surface area contributed by atoms with Crippen molar-refractivity contribution in [3.63, 3.8) is 0 Å². The van der Waals surface area contributed by atoms with Crippen molar-refractivity contribution in [3.05, 3.63) is 24.5 Å². The Morgan fingerprint density at radius 2 is 1.71 bits per heavy atom. The highest BCUT2D eigenvalue weighted by Crippen LogP contribution is 2.31. The lowest BCUT2D eigenvalue weighted by Crippen LogP contribution is -1.96. The molecule has 0 saturated heterocycles. The molecule has 0 spiro atoms. The van der Waals surface area contributed by atoms with Crippen LogP contribution in [0, 0.1) is 0 Å². The predicted molar refractivity (Wildman–Crippen MR) is 66.2 cm³/mol. The fraction of sp³-hybridized carbons (Fsp3) is 0.250. The molecule has 0 saturated carbocycles. The molecule has 17 heavy (non-hydrogen) atoms. The number of nitrogens with zero attached hydrogens (tertiary/aromatic N) is 2. The minimum absolute atomic E-state index is 0.611. The van der Waals surface area contributed by atoms with E-state index in [4.69, 9.17) is 15.2 Å². The topological polar surface area (TPSA) is 62.3 Å². The number of hydrogen-bond acceptors (Lipinski definition) is 4. The molecule has 0 aliphatic heterocycles. The lowest BCUT2D eigenvalue weighted by Gasteiger charge is -2.07. The van der Waals surface area contributed by atoms with Crippen molar-refractivity contribution in [3.8, 4) is 22.8 Å². The summed E-state index contributed by atoms with van der Waals surface area (Å²) < 4.78 is 12.2. The van der Waals surface area contributed by atoms with Crippen molar-refractivity contribution in [2.24, 2.45) is 7.05 Å². The maximum Gasteiger partial charge on any atom is 0.131 e. The molecule has 0 bridgehead atoms. The van der Waals surface area contributed by atoms with E-state index in [1.54, 1.807) is 25.1 Å². The van der Waals surface area contributed by atoms with Crippen molar-refractivity contribution < 1.29 is 9.47 Å². The van der Waals surface area contributed by atoms with Crippen molar-refractivity contribution in [1.82, 2.24) is 9.55 Å². The van der Waals surface area contributed by atoms with Crippen molar-refractivity contribution in [2.45, 2.75) is 0 Å². The number of imidazole rings is 1. The Kier molecular flexibility index (Phi) is 2.91. The van der Waals surface area contributed by atoms with Gasteiger partial charge in [0.25, 0.3) is 0 Å². The van der Waals surface area contributed by atoms with Crippen LogP contribution in [0.3, 0.4) is 0 Å². The molecule has 2 N–H and O–H groups in total. The summed E-state index contributed by atoms with van der Waals surface area (Å²) in [6.07, 6.45) is 1.68. The maximum atomic E-state index is 5.94. The van der Waals surface area contributed by atoms with Crippen LogP contribution in [0.5, 0.6) is 11.5 Å². The van der Waals surface area contributed by atoms with E-state index in [1.807, 2.05) is 25.2 Å². The molecule has 5 heteroatoms. The summed E-state index contributed by atoms with van der Waals surface area (Å²) in [5.74, 6) is 2.04. The molecule has 1 heterocycles. The van der Waals surface area contributed by atoms with Gasteiger partial charge >= 0.3 is 0 Å². The first kappa shape index (κ1) is 11.3. The van der Waals surface area contributed by atoms with Gasteiger partial charge in [0.15, 0.2) is 0 Å². The lowest BCUT2D eigenvalue weighted by molar-refractivity contribution is 0.394. The molecule has 0 aliphatic carbocycles. The number of aryl methyl sites for hydroxylation is 1. The van der Waals surface area contributed by atoms with Crippen LogP contribution >= 0.6 is 0 Å². The van der Waals surface area contributed by atoms with Crippen LogP contribution in [0.4, 0.5) is 5.82 Å². The second-order valence-corrected chi connectivity index (χ2v) is 3.69. The van der Waals surface area contributed by atoms with Crippen molar-refractivity contribution in [2.75, 3.05) is 20.0 Å². The monoisotopic (exact) mass is 233 g/mol. The van der Waals surface area contributed by atoms with Crippen LogP contribution in [0.1, 0.15) is 0 Å². The molecule has 0 amide bonds. The molecule has 2 aromatic rings. The molecule has 90 valence electrons. The van der Waals surface area contributed by atoms with Gasteiger partial charge in [0.1, 0.15) is 23.0 Å². The Balaban J connectivity index is 2.54. The van der Waals surface area contributed by atoms with E-state index >= 15 is 0 Å². The third-order valence-corrected chi connectivity index (χ3v) is 2.61. The predicted octanol–water partition coefficient (Wildman–Crippen LogP) is 1.69. The molecule has 1 aromatic carbocycles. The van der Waals surface area contributed by atoms with Gasteiger partial charge in [-0.25, -0.2) is 4.98 Å². The highest BCUT2D eigenvalue weighted by atomic mass is 16.5. The van der Waals surface area contributed by atoms with Crippen LogP contribution in [0.2, 0.25) is 0 Å². The summed E-state index contributed by atoms with van der Waals surface area (Å²) in [5.41, 5.74) is 7.54. The largest absolute Gasteiger partial charge is 0.497 e. The quantitative estimate of drug-likeness (QED) is 0.876. The highest BCUT2D eigenvalue weighted by Gasteiger charge is 2.10. The second kappa shape index (κ2) is 4.37. The van der Waals surface area contributed by atoms with Gasteiger partial charge in [-0.2, -0.15) is 0 Å². The Bertz CT molecular complexity index is 512. The smallest absolute Gasteiger partial charge is 0.131 e. The van der Waals surface area contributed by atoms with Gasteiger partial charge in [0, 0.05) is 18.7 Å². The molecule has 0 atom stereocenters. The zero-order valence-electron chi connectivity index (χ0n) is 10.1. The van der Waals surface area contributed by atoms with Gasteiger partial charge in [0.2, 0.25) is 0 Å². The normalized spacial score (nSPS) is 10.3. The van der Waals surface area contributed by atoms with E-state index in [0.29, 0.717) is 17.3 Å². The fourth-order valence-electron chi connectivity index (χ4n) is 1.61. The average Bonchev–Trinajstić information content (AvgIpc) is 2.69. The van der Waals surface area contributed by atoms with E-state index in [0.717, 1.165) is 11.3 Å². The van der Waals surface area contributed by atoms with Gasteiger partial charge in [0.05, 0.1) is 20.5 Å². The number of aromatic nitrogens is 2. The summed E-state index contributed by atoms with van der Waals surface area (Å²) in [4.78, 5) is 4.26. The Morgan fingerprint density at radius 1 is 1.12 bits per heavy atom. The first-order chi connectivity index (χ1) is 8.15. The van der Waals surface area contributed by atoms with E-state index in [1.165, 1.54) is 0 Å². The maximum absolute atomic E-state index is 5.94. The zero-order chi connectivity index (χ0) is 12.4. The van der Waals surface area contributed by atoms with Crippen LogP contribution in [-0.4, -0.2) is 23.8 Å². The number of benzene rings is 1. The average molecular weight is 233 g/mol. The molecule has 2 rings (SSSR count). The molecule has 5 nitrogen and oxygen atoms in total. The molecule has 0 aliphatic rings. The Hall–Kier alpha value is -2.17. The minimum Gasteiger partial charge on any atom is -0.497 e. The number of nitrogen functional groups attached to an aromatic ring is 1. The van der Waals surface area contributed by atoms with E-state index < -0.39 is 0 Å². The highest BCUT2D eigenvalue weighted by molar-refractivity contribution is 5.72. The van der Waals surface area contributed by atoms with Gasteiger partial charge in [-0.15, -0.1) is 0 Å². The Morgan fingerprint density at radius 3 is 2.12 bits per heavy atom. The van der Waals surface area contributed by atoms with E-state index in [2.05, 4.69) is 4.98 Å². The van der Waals surface area contributed by atoms with Gasteiger partial charge < -0.3 is 19.8 Å². The van der Waals surface area contributed by atoms with Crippen LogP contribution in [-0.2, 0) is 7.05 Å². The van der Waals surface area contributed by atoms with Crippen LogP contribution < -0.4 is 15.2 Å². The fourth-order valence-corrected chi connectivity index (χ4v) is 1.61. The molecule has 0 radical (unpaired) electrons. The van der Waals surface area contributed by atoms with Crippen LogP contribution in [0.15, 0.2) is 24.5 Å². The third kappa shape index (κ3) is 2.04. The SMILES string of the molecule is COc1cc(OC)cc(-c2ncn(C)c2N)c1.